The minimum Gasteiger partial charge on any atom is -0.324 e. The number of anilines is 2. The summed E-state index contributed by atoms with van der Waals surface area (Å²) < 4.78 is 1.67. The molecular formula is C29H27ClN6OS. The van der Waals surface area contributed by atoms with Gasteiger partial charge in [-0.2, -0.15) is 4.98 Å². The second kappa shape index (κ2) is 10.6. The number of thiazole rings is 1. The monoisotopic (exact) mass is 542 g/mol. The Balaban J connectivity index is 1.31. The summed E-state index contributed by atoms with van der Waals surface area (Å²) in [6.45, 7) is 4.55. The average molecular weight is 543 g/mol. The van der Waals surface area contributed by atoms with E-state index in [0.29, 0.717) is 40.2 Å². The summed E-state index contributed by atoms with van der Waals surface area (Å²) in [7, 11) is 0. The van der Waals surface area contributed by atoms with E-state index in [9.17, 15) is 4.79 Å². The molecule has 0 bridgehead atoms. The van der Waals surface area contributed by atoms with Crippen molar-refractivity contribution in [3.63, 3.8) is 0 Å². The number of aryl methyl sites for hydroxylation is 1. The lowest BCUT2D eigenvalue weighted by Crippen LogP contribution is -2.26. The molecule has 0 unspecified atom stereocenters. The first-order valence-corrected chi connectivity index (χ1v) is 14.0. The van der Waals surface area contributed by atoms with Crippen molar-refractivity contribution in [1.82, 2.24) is 24.8 Å². The number of rotatable bonds is 6. The maximum Gasteiger partial charge on any atom is 0.260 e. The molecule has 1 aliphatic heterocycles. The zero-order valence-electron chi connectivity index (χ0n) is 20.9. The van der Waals surface area contributed by atoms with Gasteiger partial charge in [-0.15, -0.1) is 11.3 Å². The predicted molar refractivity (Wildman–Crippen MR) is 156 cm³/mol. The van der Waals surface area contributed by atoms with Crippen LogP contribution in [0.15, 0.2) is 71.2 Å². The number of hydrogen-bond acceptors (Lipinski definition) is 7. The highest BCUT2D eigenvalue weighted by atomic mass is 35.5. The van der Waals surface area contributed by atoms with E-state index in [1.54, 1.807) is 27.6 Å². The molecule has 4 heterocycles. The van der Waals surface area contributed by atoms with E-state index >= 15 is 0 Å². The van der Waals surface area contributed by atoms with Crippen LogP contribution < -0.4 is 16.2 Å². The molecule has 2 aromatic carbocycles. The van der Waals surface area contributed by atoms with E-state index in [1.807, 2.05) is 37.4 Å². The van der Waals surface area contributed by atoms with Gasteiger partial charge in [-0.3, -0.25) is 14.3 Å². The number of aromatic nitrogens is 4. The van der Waals surface area contributed by atoms with Gasteiger partial charge in [-0.05, 0) is 74.2 Å². The predicted octanol–water partition coefficient (Wildman–Crippen LogP) is 6.47. The summed E-state index contributed by atoms with van der Waals surface area (Å²) in [5.74, 6) is 1.06. The van der Waals surface area contributed by atoms with Crippen molar-refractivity contribution in [1.29, 1.82) is 0 Å². The third-order valence-corrected chi connectivity index (χ3v) is 8.23. The molecule has 2 N–H and O–H groups in total. The number of hydrogen-bond donors (Lipinski definition) is 2. The zero-order chi connectivity index (χ0) is 26.1. The van der Waals surface area contributed by atoms with Gasteiger partial charge in [0.05, 0.1) is 10.4 Å². The van der Waals surface area contributed by atoms with Crippen LogP contribution in [0.3, 0.4) is 0 Å². The average Bonchev–Trinajstić information content (AvgIpc) is 3.49. The maximum absolute atomic E-state index is 13.5. The Morgan fingerprint density at radius 2 is 1.89 bits per heavy atom. The highest BCUT2D eigenvalue weighted by Gasteiger charge is 2.17. The van der Waals surface area contributed by atoms with Gasteiger partial charge in [0.25, 0.3) is 5.56 Å². The second-order valence-corrected chi connectivity index (χ2v) is 10.7. The van der Waals surface area contributed by atoms with Crippen LogP contribution in [-0.2, 0) is 6.54 Å². The van der Waals surface area contributed by atoms with Crippen molar-refractivity contribution in [2.75, 3.05) is 18.4 Å². The van der Waals surface area contributed by atoms with Gasteiger partial charge in [-0.1, -0.05) is 35.9 Å². The quantitative estimate of drug-likeness (QED) is 0.256. The molecule has 1 aliphatic rings. The lowest BCUT2D eigenvalue weighted by Gasteiger charge is -2.23. The molecule has 9 heteroatoms. The number of halogens is 1. The van der Waals surface area contributed by atoms with Crippen LogP contribution in [0, 0.1) is 0 Å². The molecule has 7 nitrogen and oxygen atoms in total. The lowest BCUT2D eigenvalue weighted by molar-refractivity contribution is 0.460. The number of fused-ring (bicyclic) bond motifs is 1. The molecule has 0 aliphatic carbocycles. The Labute approximate surface area is 229 Å². The Morgan fingerprint density at radius 1 is 1.08 bits per heavy atom. The number of nitrogens with zero attached hydrogens (tertiary/aromatic N) is 4. The molecule has 0 spiro atoms. The lowest BCUT2D eigenvalue weighted by atomic mass is 9.90. The number of nitrogens with one attached hydrogen (secondary N) is 2. The fraction of sp³-hybridized carbons (Fsp3) is 0.241. The fourth-order valence-electron chi connectivity index (χ4n) is 5.07. The second-order valence-electron chi connectivity index (χ2n) is 9.41. The summed E-state index contributed by atoms with van der Waals surface area (Å²) >= 11 is 8.21. The molecule has 3 aromatic heterocycles. The highest BCUT2D eigenvalue weighted by molar-refractivity contribution is 7.13. The smallest absolute Gasteiger partial charge is 0.260 e. The van der Waals surface area contributed by atoms with Crippen LogP contribution in [0.4, 0.5) is 11.6 Å². The van der Waals surface area contributed by atoms with Gasteiger partial charge >= 0.3 is 0 Å². The topological polar surface area (TPSA) is 84.7 Å². The molecular weight excluding hydrogens is 516 g/mol. The summed E-state index contributed by atoms with van der Waals surface area (Å²) in [6, 6.07) is 16.1. The fourth-order valence-corrected chi connectivity index (χ4v) is 5.98. The minimum atomic E-state index is -0.136. The van der Waals surface area contributed by atoms with Gasteiger partial charge in [0.15, 0.2) is 0 Å². The first kappa shape index (κ1) is 24.7. The van der Waals surface area contributed by atoms with Crippen molar-refractivity contribution >= 4 is 45.6 Å². The van der Waals surface area contributed by atoms with Gasteiger partial charge in [0.2, 0.25) is 5.95 Å². The van der Waals surface area contributed by atoms with Crippen molar-refractivity contribution in [2.45, 2.75) is 32.2 Å². The van der Waals surface area contributed by atoms with Gasteiger partial charge in [0.1, 0.15) is 5.65 Å². The number of pyridine rings is 1. The maximum atomic E-state index is 13.5. The summed E-state index contributed by atoms with van der Waals surface area (Å²) in [5.41, 5.74) is 6.70. The molecule has 0 saturated carbocycles. The Bertz CT molecular complexity index is 1640. The van der Waals surface area contributed by atoms with E-state index in [2.05, 4.69) is 44.9 Å². The molecule has 0 atom stereocenters. The first-order chi connectivity index (χ1) is 18.6. The molecule has 1 saturated heterocycles. The normalized spacial score (nSPS) is 14.2. The Morgan fingerprint density at radius 3 is 2.61 bits per heavy atom. The van der Waals surface area contributed by atoms with E-state index in [0.717, 1.165) is 34.6 Å². The standard InChI is InChI=1S/C29H27ClN6OS/c1-2-36-27-21(13-24(28(36)37)23-8-5-20(14-25(23)30)26-16-32-17-38-26)15-33-29(35-27)34-22-6-3-18(4-7-22)19-9-11-31-12-10-19/h3-8,13-17,19,31H,2,9-12H2,1H3,(H,33,34,35). The van der Waals surface area contributed by atoms with Gasteiger partial charge in [0, 0.05) is 46.2 Å². The molecule has 0 radical (unpaired) electrons. The van der Waals surface area contributed by atoms with E-state index < -0.39 is 0 Å². The largest absolute Gasteiger partial charge is 0.324 e. The van der Waals surface area contributed by atoms with Crippen molar-refractivity contribution in [3.05, 3.63) is 87.4 Å². The van der Waals surface area contributed by atoms with Crippen LogP contribution in [0.1, 0.15) is 31.2 Å². The third kappa shape index (κ3) is 4.82. The molecule has 5 aromatic rings. The minimum absolute atomic E-state index is 0.136. The first-order valence-electron chi connectivity index (χ1n) is 12.8. The zero-order valence-corrected chi connectivity index (χ0v) is 22.5. The van der Waals surface area contributed by atoms with Crippen LogP contribution in [0.2, 0.25) is 5.02 Å². The molecule has 1 fully saturated rings. The van der Waals surface area contributed by atoms with E-state index in [-0.39, 0.29) is 5.56 Å². The van der Waals surface area contributed by atoms with Crippen molar-refractivity contribution in [3.8, 4) is 21.6 Å². The SMILES string of the molecule is CCn1c(=O)c(-c2ccc(-c3cncs3)cc2Cl)cc2cnc(Nc3ccc(C4CCNCC4)cc3)nc21. The molecule has 6 rings (SSSR count). The van der Waals surface area contributed by atoms with Crippen LogP contribution >= 0.6 is 22.9 Å². The van der Waals surface area contributed by atoms with E-state index in [4.69, 9.17) is 16.6 Å². The van der Waals surface area contributed by atoms with Crippen LogP contribution in [0.25, 0.3) is 32.6 Å². The summed E-state index contributed by atoms with van der Waals surface area (Å²) in [4.78, 5) is 28.0. The van der Waals surface area contributed by atoms with Crippen molar-refractivity contribution < 1.29 is 0 Å². The molecule has 38 heavy (non-hydrogen) atoms. The molecule has 0 amide bonds. The highest BCUT2D eigenvalue weighted by Crippen LogP contribution is 2.33. The number of benzene rings is 2. The molecule has 192 valence electrons. The van der Waals surface area contributed by atoms with Gasteiger partial charge in [-0.25, -0.2) is 4.98 Å². The Kier molecular flexibility index (Phi) is 6.93. The number of piperidine rings is 1. The van der Waals surface area contributed by atoms with Gasteiger partial charge < -0.3 is 10.6 Å². The van der Waals surface area contributed by atoms with Crippen LogP contribution in [0.5, 0.6) is 0 Å². The summed E-state index contributed by atoms with van der Waals surface area (Å²) in [5, 5.41) is 8.00. The van der Waals surface area contributed by atoms with Crippen LogP contribution in [-0.4, -0.2) is 32.6 Å². The Hall–Kier alpha value is -3.59. The summed E-state index contributed by atoms with van der Waals surface area (Å²) in [6.07, 6.45) is 5.89. The van der Waals surface area contributed by atoms with E-state index in [1.165, 1.54) is 18.4 Å². The third-order valence-electron chi connectivity index (χ3n) is 7.10. The van der Waals surface area contributed by atoms with Crippen molar-refractivity contribution in [2.24, 2.45) is 0 Å².